The molecule has 1 aliphatic rings. The number of carbonyl (C=O) groups excluding carboxylic acids is 2. The topological polar surface area (TPSA) is 69.6 Å². The lowest BCUT2D eigenvalue weighted by atomic mass is 9.97. The number of hydrogen-bond acceptors (Lipinski definition) is 4. The number of hydrogen-bond donors (Lipinski definition) is 2. The van der Waals surface area contributed by atoms with Crippen LogP contribution in [0.2, 0.25) is 0 Å². The lowest BCUT2D eigenvalue weighted by Gasteiger charge is -2.43. The van der Waals surface area contributed by atoms with Gasteiger partial charge in [0.2, 0.25) is 5.91 Å². The van der Waals surface area contributed by atoms with Gasteiger partial charge in [-0.05, 0) is 19.8 Å². The van der Waals surface area contributed by atoms with E-state index in [2.05, 4.69) is 5.32 Å². The van der Waals surface area contributed by atoms with E-state index in [0.29, 0.717) is 13.1 Å². The third kappa shape index (κ3) is 4.09. The molecule has 1 heterocycles. The van der Waals surface area contributed by atoms with Crippen molar-refractivity contribution in [2.75, 3.05) is 19.6 Å². The normalized spacial score (nSPS) is 20.8. The number of likely N-dealkylation sites (tertiary alicyclic amines) is 1. The van der Waals surface area contributed by atoms with Crippen LogP contribution in [-0.4, -0.2) is 53.0 Å². The van der Waals surface area contributed by atoms with Gasteiger partial charge in [0.05, 0.1) is 18.2 Å². The van der Waals surface area contributed by atoms with Crippen LogP contribution in [0.15, 0.2) is 0 Å². The Morgan fingerprint density at radius 3 is 2.29 bits per heavy atom. The highest BCUT2D eigenvalue weighted by atomic mass is 16.3. The van der Waals surface area contributed by atoms with Crippen molar-refractivity contribution in [3.8, 4) is 0 Å². The van der Waals surface area contributed by atoms with Gasteiger partial charge >= 0.3 is 0 Å². The van der Waals surface area contributed by atoms with Crippen LogP contribution < -0.4 is 5.32 Å². The molecule has 1 rings (SSSR count). The van der Waals surface area contributed by atoms with E-state index in [1.54, 1.807) is 6.92 Å². The van der Waals surface area contributed by atoms with E-state index in [-0.39, 0.29) is 24.2 Å². The highest BCUT2D eigenvalue weighted by Crippen LogP contribution is 2.18. The highest BCUT2D eigenvalue weighted by molar-refractivity contribution is 5.88. The Hall–Kier alpha value is -0.940. The van der Waals surface area contributed by atoms with E-state index < -0.39 is 11.6 Å². The molecule has 1 aliphatic heterocycles. The van der Waals surface area contributed by atoms with Crippen molar-refractivity contribution in [3.05, 3.63) is 0 Å². The Morgan fingerprint density at radius 1 is 1.41 bits per heavy atom. The first-order valence-corrected chi connectivity index (χ1v) is 5.96. The quantitative estimate of drug-likeness (QED) is 0.699. The SMILES string of the molecule is CC(=O)C(NC(=O)CN1CC(C)(O)C1)C(C)C. The Balaban J connectivity index is 2.36. The average Bonchev–Trinajstić information content (AvgIpc) is 2.10. The van der Waals surface area contributed by atoms with Crippen LogP contribution in [0.5, 0.6) is 0 Å². The molecule has 2 N–H and O–H groups in total. The second-order valence-corrected chi connectivity index (χ2v) is 5.54. The summed E-state index contributed by atoms with van der Waals surface area (Å²) in [6.45, 7) is 8.29. The minimum Gasteiger partial charge on any atom is -0.388 e. The number of aliphatic hydroxyl groups is 1. The maximum absolute atomic E-state index is 11.7. The third-order valence-corrected chi connectivity index (χ3v) is 2.92. The molecule has 1 fully saturated rings. The lowest BCUT2D eigenvalue weighted by Crippen LogP contribution is -2.62. The third-order valence-electron chi connectivity index (χ3n) is 2.92. The number of amides is 1. The van der Waals surface area contributed by atoms with Crippen LogP contribution in [0.1, 0.15) is 27.7 Å². The number of Topliss-reactive ketones (excluding diaryl/α,β-unsaturated/α-hetero) is 1. The summed E-state index contributed by atoms with van der Waals surface area (Å²) in [6, 6.07) is -0.413. The maximum Gasteiger partial charge on any atom is 0.234 e. The minimum atomic E-state index is -0.668. The molecule has 0 saturated carbocycles. The molecular weight excluding hydrogens is 220 g/mol. The van der Waals surface area contributed by atoms with E-state index in [1.807, 2.05) is 18.7 Å². The molecule has 1 atom stereocenters. The largest absolute Gasteiger partial charge is 0.388 e. The molecule has 0 spiro atoms. The summed E-state index contributed by atoms with van der Waals surface area (Å²) in [5.41, 5.74) is -0.668. The van der Waals surface area contributed by atoms with Gasteiger partial charge in [0.15, 0.2) is 5.78 Å². The molecular formula is C12H22N2O3. The van der Waals surface area contributed by atoms with Crippen molar-refractivity contribution in [2.24, 2.45) is 5.92 Å². The number of β-amino-alcohol motifs (C(OH)–C–C–N with tert-alkyl or cyclic N) is 1. The summed E-state index contributed by atoms with van der Waals surface area (Å²) in [4.78, 5) is 24.9. The van der Waals surface area contributed by atoms with Gasteiger partial charge in [0.1, 0.15) is 0 Å². The first-order valence-electron chi connectivity index (χ1n) is 5.96. The zero-order valence-electron chi connectivity index (χ0n) is 11.0. The van der Waals surface area contributed by atoms with E-state index in [1.165, 1.54) is 6.92 Å². The van der Waals surface area contributed by atoms with Crippen LogP contribution in [0.3, 0.4) is 0 Å². The van der Waals surface area contributed by atoms with Gasteiger partial charge in [-0.1, -0.05) is 13.8 Å². The zero-order valence-corrected chi connectivity index (χ0v) is 11.0. The second-order valence-electron chi connectivity index (χ2n) is 5.54. The molecule has 0 aromatic heterocycles. The van der Waals surface area contributed by atoms with Gasteiger partial charge in [0, 0.05) is 13.1 Å². The summed E-state index contributed by atoms with van der Waals surface area (Å²) in [5.74, 6) is -0.0886. The fraction of sp³-hybridized carbons (Fsp3) is 0.833. The van der Waals surface area contributed by atoms with Crippen LogP contribution in [0.4, 0.5) is 0 Å². The first kappa shape index (κ1) is 14.1. The molecule has 1 saturated heterocycles. The highest BCUT2D eigenvalue weighted by Gasteiger charge is 2.37. The fourth-order valence-electron chi connectivity index (χ4n) is 2.19. The maximum atomic E-state index is 11.7. The van der Waals surface area contributed by atoms with Crippen molar-refractivity contribution in [1.29, 1.82) is 0 Å². The molecule has 0 aliphatic carbocycles. The predicted molar refractivity (Wildman–Crippen MR) is 64.5 cm³/mol. The fourth-order valence-corrected chi connectivity index (χ4v) is 2.19. The van der Waals surface area contributed by atoms with Crippen LogP contribution in [0, 0.1) is 5.92 Å². The van der Waals surface area contributed by atoms with Crippen molar-refractivity contribution in [2.45, 2.75) is 39.3 Å². The first-order chi connectivity index (χ1) is 7.71. The van der Waals surface area contributed by atoms with E-state index >= 15 is 0 Å². The van der Waals surface area contributed by atoms with E-state index in [0.717, 1.165) is 0 Å². The van der Waals surface area contributed by atoms with E-state index in [4.69, 9.17) is 0 Å². The smallest absolute Gasteiger partial charge is 0.234 e. The number of carbonyl (C=O) groups is 2. The molecule has 0 bridgehead atoms. The number of rotatable bonds is 5. The Kier molecular flexibility index (Phi) is 4.27. The molecule has 5 heteroatoms. The van der Waals surface area contributed by atoms with Crippen LogP contribution in [0.25, 0.3) is 0 Å². The molecule has 0 aromatic carbocycles. The number of ketones is 1. The van der Waals surface area contributed by atoms with Crippen molar-refractivity contribution in [1.82, 2.24) is 10.2 Å². The summed E-state index contributed by atoms with van der Waals surface area (Å²) in [5, 5.41) is 12.3. The summed E-state index contributed by atoms with van der Waals surface area (Å²) in [7, 11) is 0. The van der Waals surface area contributed by atoms with Crippen molar-refractivity contribution >= 4 is 11.7 Å². The number of nitrogens with zero attached hydrogens (tertiary/aromatic N) is 1. The lowest BCUT2D eigenvalue weighted by molar-refractivity contribution is -0.134. The predicted octanol–water partition coefficient (Wildman–Crippen LogP) is -0.217. The van der Waals surface area contributed by atoms with E-state index in [9.17, 15) is 14.7 Å². The van der Waals surface area contributed by atoms with Gasteiger partial charge in [-0.25, -0.2) is 0 Å². The molecule has 5 nitrogen and oxygen atoms in total. The zero-order chi connectivity index (χ0) is 13.2. The Bertz CT molecular complexity index is 305. The molecule has 0 aromatic rings. The molecule has 1 unspecified atom stereocenters. The summed E-state index contributed by atoms with van der Waals surface area (Å²) >= 11 is 0. The minimum absolute atomic E-state index is 0.0241. The monoisotopic (exact) mass is 242 g/mol. The van der Waals surface area contributed by atoms with Gasteiger partial charge in [-0.15, -0.1) is 0 Å². The Labute approximate surface area is 102 Å². The summed E-state index contributed by atoms with van der Waals surface area (Å²) < 4.78 is 0. The summed E-state index contributed by atoms with van der Waals surface area (Å²) in [6.07, 6.45) is 0. The van der Waals surface area contributed by atoms with Crippen molar-refractivity contribution in [3.63, 3.8) is 0 Å². The Morgan fingerprint density at radius 2 is 1.94 bits per heavy atom. The second kappa shape index (κ2) is 5.14. The van der Waals surface area contributed by atoms with Crippen LogP contribution >= 0.6 is 0 Å². The molecule has 98 valence electrons. The average molecular weight is 242 g/mol. The molecule has 1 amide bonds. The van der Waals surface area contributed by atoms with Gasteiger partial charge in [-0.2, -0.15) is 0 Å². The van der Waals surface area contributed by atoms with Gasteiger partial charge < -0.3 is 10.4 Å². The standard InChI is InChI=1S/C12H22N2O3/c1-8(2)11(9(3)15)13-10(16)5-14-6-12(4,17)7-14/h8,11,17H,5-7H2,1-4H3,(H,13,16). The molecule has 0 radical (unpaired) electrons. The molecule has 17 heavy (non-hydrogen) atoms. The van der Waals surface area contributed by atoms with Crippen molar-refractivity contribution < 1.29 is 14.7 Å². The van der Waals surface area contributed by atoms with Gasteiger partial charge in [0.25, 0.3) is 0 Å². The van der Waals surface area contributed by atoms with Gasteiger partial charge in [-0.3, -0.25) is 14.5 Å². The number of nitrogens with one attached hydrogen (secondary N) is 1. The van der Waals surface area contributed by atoms with Crippen LogP contribution in [-0.2, 0) is 9.59 Å².